The van der Waals surface area contributed by atoms with Crippen molar-refractivity contribution in [3.05, 3.63) is 88.7 Å². The maximum Gasteiger partial charge on any atom is 0.266 e. The van der Waals surface area contributed by atoms with Crippen LogP contribution in [0.25, 0.3) is 22.0 Å². The summed E-state index contributed by atoms with van der Waals surface area (Å²) < 4.78 is 12.2. The Morgan fingerprint density at radius 1 is 1.00 bits per heavy atom. The number of hydrogen-bond donors (Lipinski definition) is 1. The zero-order valence-electron chi connectivity index (χ0n) is 18.6. The van der Waals surface area contributed by atoms with E-state index in [0.717, 1.165) is 22.1 Å². The molecule has 4 aromatic rings. The molecule has 1 heterocycles. The number of hydrogen-bond acceptors (Lipinski definition) is 5. The predicted octanol–water partition coefficient (Wildman–Crippen LogP) is 3.90. The first-order chi connectivity index (χ1) is 16.1. The standard InChI is InChI=1S/C26H25N3O4/c1-3-33-23-14-10-18-6-4-5-7-21(18)25(23)26(31)27-16-17-29-24(30)15-13-22(28-29)19-8-11-20(32-2)12-9-19/h4-15H,3,16-17H2,1-2H3,(H,27,31). The van der Waals surface area contributed by atoms with Gasteiger partial charge in [0.25, 0.3) is 11.5 Å². The average Bonchev–Trinajstić information content (AvgIpc) is 2.85. The van der Waals surface area contributed by atoms with Crippen LogP contribution in [-0.2, 0) is 6.54 Å². The highest BCUT2D eigenvalue weighted by Crippen LogP contribution is 2.28. The fourth-order valence-electron chi connectivity index (χ4n) is 3.65. The number of carbonyl (C=O) groups excluding carboxylic acids is 1. The number of aromatic nitrogens is 2. The van der Waals surface area contributed by atoms with Gasteiger partial charge in [-0.2, -0.15) is 5.10 Å². The fraction of sp³-hybridized carbons (Fsp3) is 0.192. The largest absolute Gasteiger partial charge is 0.497 e. The van der Waals surface area contributed by atoms with Crippen molar-refractivity contribution in [2.24, 2.45) is 0 Å². The normalized spacial score (nSPS) is 10.7. The number of ether oxygens (including phenoxy) is 2. The van der Waals surface area contributed by atoms with Gasteiger partial charge in [0, 0.05) is 18.2 Å². The van der Waals surface area contributed by atoms with Crippen LogP contribution in [-0.4, -0.2) is 35.9 Å². The van der Waals surface area contributed by atoms with Crippen molar-refractivity contribution in [1.29, 1.82) is 0 Å². The van der Waals surface area contributed by atoms with E-state index in [1.807, 2.05) is 67.6 Å². The van der Waals surface area contributed by atoms with Crippen LogP contribution >= 0.6 is 0 Å². The second-order valence-electron chi connectivity index (χ2n) is 7.36. The Hall–Kier alpha value is -4.13. The molecule has 7 nitrogen and oxygen atoms in total. The number of nitrogens with one attached hydrogen (secondary N) is 1. The van der Waals surface area contributed by atoms with Gasteiger partial charge in [-0.3, -0.25) is 9.59 Å². The number of methoxy groups -OCH3 is 1. The van der Waals surface area contributed by atoms with Crippen LogP contribution in [0.2, 0.25) is 0 Å². The lowest BCUT2D eigenvalue weighted by molar-refractivity contribution is 0.0950. The molecule has 0 saturated carbocycles. The molecule has 0 aliphatic rings. The van der Waals surface area contributed by atoms with Gasteiger partial charge in [0.05, 0.1) is 31.5 Å². The van der Waals surface area contributed by atoms with E-state index in [1.54, 1.807) is 13.2 Å². The second-order valence-corrected chi connectivity index (χ2v) is 7.36. The van der Waals surface area contributed by atoms with Gasteiger partial charge < -0.3 is 14.8 Å². The molecule has 7 heteroatoms. The Labute approximate surface area is 191 Å². The molecular formula is C26H25N3O4. The Morgan fingerprint density at radius 3 is 2.55 bits per heavy atom. The molecule has 1 N–H and O–H groups in total. The molecule has 0 aliphatic heterocycles. The Bertz CT molecular complexity index is 1330. The quantitative estimate of drug-likeness (QED) is 0.447. The fourth-order valence-corrected chi connectivity index (χ4v) is 3.65. The molecule has 0 saturated heterocycles. The van der Waals surface area contributed by atoms with Crippen molar-refractivity contribution >= 4 is 16.7 Å². The van der Waals surface area contributed by atoms with Crippen molar-refractivity contribution < 1.29 is 14.3 Å². The molecule has 0 unspecified atom stereocenters. The number of rotatable bonds is 8. The monoisotopic (exact) mass is 443 g/mol. The van der Waals surface area contributed by atoms with Crippen LogP contribution < -0.4 is 20.3 Å². The highest BCUT2D eigenvalue weighted by Gasteiger charge is 2.16. The molecule has 168 valence electrons. The minimum Gasteiger partial charge on any atom is -0.497 e. The van der Waals surface area contributed by atoms with Gasteiger partial charge in [-0.1, -0.05) is 30.3 Å². The molecular weight excluding hydrogens is 418 g/mol. The lowest BCUT2D eigenvalue weighted by Gasteiger charge is -2.14. The van der Waals surface area contributed by atoms with Crippen molar-refractivity contribution in [2.75, 3.05) is 20.3 Å². The van der Waals surface area contributed by atoms with E-state index >= 15 is 0 Å². The molecule has 4 rings (SSSR count). The van der Waals surface area contributed by atoms with E-state index in [9.17, 15) is 9.59 Å². The molecule has 0 radical (unpaired) electrons. The van der Waals surface area contributed by atoms with Gasteiger partial charge in [-0.15, -0.1) is 0 Å². The van der Waals surface area contributed by atoms with Gasteiger partial charge >= 0.3 is 0 Å². The summed E-state index contributed by atoms with van der Waals surface area (Å²) in [5.74, 6) is 1.02. The first-order valence-electron chi connectivity index (χ1n) is 10.8. The number of fused-ring (bicyclic) bond motifs is 1. The van der Waals surface area contributed by atoms with E-state index in [-0.39, 0.29) is 24.6 Å². The Balaban J connectivity index is 1.51. The highest BCUT2D eigenvalue weighted by atomic mass is 16.5. The lowest BCUT2D eigenvalue weighted by atomic mass is 10.0. The van der Waals surface area contributed by atoms with Gasteiger partial charge in [0.15, 0.2) is 0 Å². The third-order valence-corrected chi connectivity index (χ3v) is 5.28. The molecule has 33 heavy (non-hydrogen) atoms. The maximum absolute atomic E-state index is 13.1. The second kappa shape index (κ2) is 9.99. The molecule has 3 aromatic carbocycles. The molecule has 0 fully saturated rings. The molecule has 0 atom stereocenters. The van der Waals surface area contributed by atoms with E-state index in [1.165, 1.54) is 10.7 Å². The van der Waals surface area contributed by atoms with Crippen LogP contribution in [0, 0.1) is 0 Å². The van der Waals surface area contributed by atoms with E-state index in [0.29, 0.717) is 23.6 Å². The summed E-state index contributed by atoms with van der Waals surface area (Å²) in [5, 5.41) is 9.13. The molecule has 1 aromatic heterocycles. The number of carbonyl (C=O) groups is 1. The Morgan fingerprint density at radius 2 is 1.79 bits per heavy atom. The summed E-state index contributed by atoms with van der Waals surface area (Å²) in [5.41, 5.74) is 1.78. The summed E-state index contributed by atoms with van der Waals surface area (Å²) in [7, 11) is 1.61. The zero-order chi connectivity index (χ0) is 23.2. The van der Waals surface area contributed by atoms with Crippen molar-refractivity contribution in [2.45, 2.75) is 13.5 Å². The molecule has 0 bridgehead atoms. The molecule has 0 spiro atoms. The minimum absolute atomic E-state index is 0.235. The van der Waals surface area contributed by atoms with E-state index in [4.69, 9.17) is 9.47 Å². The van der Waals surface area contributed by atoms with Gasteiger partial charge in [0.2, 0.25) is 0 Å². The van der Waals surface area contributed by atoms with Crippen molar-refractivity contribution in [3.63, 3.8) is 0 Å². The van der Waals surface area contributed by atoms with Crippen LogP contribution in [0.1, 0.15) is 17.3 Å². The van der Waals surface area contributed by atoms with E-state index < -0.39 is 0 Å². The van der Waals surface area contributed by atoms with Gasteiger partial charge in [0.1, 0.15) is 11.5 Å². The summed E-state index contributed by atoms with van der Waals surface area (Å²) in [6.07, 6.45) is 0. The average molecular weight is 444 g/mol. The Kier molecular flexibility index (Phi) is 6.69. The van der Waals surface area contributed by atoms with Crippen molar-refractivity contribution in [3.8, 4) is 22.8 Å². The third-order valence-electron chi connectivity index (χ3n) is 5.28. The smallest absolute Gasteiger partial charge is 0.266 e. The summed E-state index contributed by atoms with van der Waals surface area (Å²) in [6, 6.07) is 22.0. The number of benzene rings is 3. The molecule has 0 aliphatic carbocycles. The van der Waals surface area contributed by atoms with E-state index in [2.05, 4.69) is 10.4 Å². The minimum atomic E-state index is -0.255. The SMILES string of the molecule is CCOc1ccc2ccccc2c1C(=O)NCCn1nc(-c2ccc(OC)cc2)ccc1=O. The molecule has 1 amide bonds. The van der Waals surface area contributed by atoms with Gasteiger partial charge in [-0.25, -0.2) is 4.68 Å². The summed E-state index contributed by atoms with van der Waals surface area (Å²) >= 11 is 0. The van der Waals surface area contributed by atoms with Gasteiger partial charge in [-0.05, 0) is 54.1 Å². The first-order valence-corrected chi connectivity index (χ1v) is 10.8. The maximum atomic E-state index is 13.1. The lowest BCUT2D eigenvalue weighted by Crippen LogP contribution is -2.32. The third kappa shape index (κ3) is 4.87. The summed E-state index contributed by atoms with van der Waals surface area (Å²) in [4.78, 5) is 25.4. The predicted molar refractivity (Wildman–Crippen MR) is 128 cm³/mol. The first kappa shape index (κ1) is 22.1. The van der Waals surface area contributed by atoms with Crippen molar-refractivity contribution in [1.82, 2.24) is 15.1 Å². The van der Waals surface area contributed by atoms with Crippen LogP contribution in [0.15, 0.2) is 77.6 Å². The topological polar surface area (TPSA) is 82.4 Å². The van der Waals surface area contributed by atoms with Crippen LogP contribution in [0.3, 0.4) is 0 Å². The number of amides is 1. The zero-order valence-corrected chi connectivity index (χ0v) is 18.6. The van der Waals surface area contributed by atoms with Crippen LogP contribution in [0.5, 0.6) is 11.5 Å². The number of nitrogens with zero attached hydrogens (tertiary/aromatic N) is 2. The summed E-state index contributed by atoms with van der Waals surface area (Å²) in [6.45, 7) is 2.82. The van der Waals surface area contributed by atoms with Crippen LogP contribution in [0.4, 0.5) is 0 Å². The highest BCUT2D eigenvalue weighted by molar-refractivity contribution is 6.09.